The fraction of sp³-hybridized carbons (Fsp3) is 0.529. The van der Waals surface area contributed by atoms with Gasteiger partial charge in [-0.2, -0.15) is 0 Å². The number of esters is 1. The molecule has 0 saturated heterocycles. The van der Waals surface area contributed by atoms with Gasteiger partial charge >= 0.3 is 12.1 Å². The standard InChI is InChI=1S/C17H23NO4/c1-17(2,3)22-16(20)18-11-13-7-4-5-10-14(13)21-15(19)12-8-6-9-12/h4-5,7,10,12H,6,8-9,11H2,1-3H3,(H,18,20). The Morgan fingerprint density at radius 1 is 1.23 bits per heavy atom. The molecule has 0 radical (unpaired) electrons. The van der Waals surface area contributed by atoms with Crippen LogP contribution in [-0.2, 0) is 16.1 Å². The van der Waals surface area contributed by atoms with Crippen LogP contribution in [0.3, 0.4) is 0 Å². The maximum absolute atomic E-state index is 11.9. The Hall–Kier alpha value is -2.04. The lowest BCUT2D eigenvalue weighted by molar-refractivity contribution is -0.141. The quantitative estimate of drug-likeness (QED) is 0.684. The fourth-order valence-corrected chi connectivity index (χ4v) is 2.07. The molecule has 0 unspecified atom stereocenters. The Balaban J connectivity index is 1.93. The van der Waals surface area contributed by atoms with Crippen molar-refractivity contribution in [2.45, 2.75) is 52.2 Å². The number of carbonyl (C=O) groups is 2. The van der Waals surface area contributed by atoms with Gasteiger partial charge in [-0.1, -0.05) is 24.6 Å². The van der Waals surface area contributed by atoms with Crippen molar-refractivity contribution in [2.75, 3.05) is 0 Å². The zero-order chi connectivity index (χ0) is 16.2. The van der Waals surface area contributed by atoms with Gasteiger partial charge in [0, 0.05) is 12.1 Å². The van der Waals surface area contributed by atoms with E-state index in [1.165, 1.54) is 0 Å². The number of hydrogen-bond acceptors (Lipinski definition) is 4. The first-order chi connectivity index (χ1) is 10.3. The van der Waals surface area contributed by atoms with Crippen LogP contribution in [-0.4, -0.2) is 17.7 Å². The van der Waals surface area contributed by atoms with Crippen LogP contribution >= 0.6 is 0 Å². The van der Waals surface area contributed by atoms with E-state index in [-0.39, 0.29) is 18.4 Å². The summed E-state index contributed by atoms with van der Waals surface area (Å²) in [6, 6.07) is 7.20. The van der Waals surface area contributed by atoms with E-state index in [9.17, 15) is 9.59 Å². The van der Waals surface area contributed by atoms with E-state index in [1.54, 1.807) is 32.9 Å². The van der Waals surface area contributed by atoms with Crippen LogP contribution in [0.5, 0.6) is 5.75 Å². The summed E-state index contributed by atoms with van der Waals surface area (Å²) in [5.74, 6) is 0.332. The normalized spacial score (nSPS) is 14.9. The minimum Gasteiger partial charge on any atom is -0.444 e. The van der Waals surface area contributed by atoms with Crippen LogP contribution < -0.4 is 10.1 Å². The molecule has 0 spiro atoms. The molecule has 1 aromatic rings. The van der Waals surface area contributed by atoms with Crippen molar-refractivity contribution in [1.82, 2.24) is 5.32 Å². The van der Waals surface area contributed by atoms with Crippen LogP contribution in [0.4, 0.5) is 4.79 Å². The first-order valence-electron chi connectivity index (χ1n) is 7.61. The summed E-state index contributed by atoms with van der Waals surface area (Å²) >= 11 is 0. The van der Waals surface area contributed by atoms with Crippen molar-refractivity contribution in [3.05, 3.63) is 29.8 Å². The van der Waals surface area contributed by atoms with E-state index >= 15 is 0 Å². The summed E-state index contributed by atoms with van der Waals surface area (Å²) in [6.07, 6.45) is 2.39. The van der Waals surface area contributed by atoms with Gasteiger partial charge in [-0.3, -0.25) is 4.79 Å². The van der Waals surface area contributed by atoms with Crippen molar-refractivity contribution in [2.24, 2.45) is 5.92 Å². The SMILES string of the molecule is CC(C)(C)OC(=O)NCc1ccccc1OC(=O)C1CCC1. The lowest BCUT2D eigenvalue weighted by Gasteiger charge is -2.23. The van der Waals surface area contributed by atoms with E-state index in [2.05, 4.69) is 5.32 Å². The number of carbonyl (C=O) groups excluding carboxylic acids is 2. The predicted octanol–water partition coefficient (Wildman–Crippen LogP) is 3.42. The molecule has 5 heteroatoms. The van der Waals surface area contributed by atoms with E-state index in [0.717, 1.165) is 24.8 Å². The second kappa shape index (κ2) is 6.81. The van der Waals surface area contributed by atoms with Gasteiger partial charge in [0.1, 0.15) is 11.4 Å². The molecule has 1 saturated carbocycles. The van der Waals surface area contributed by atoms with Crippen molar-refractivity contribution >= 4 is 12.1 Å². The van der Waals surface area contributed by atoms with Crippen molar-refractivity contribution < 1.29 is 19.1 Å². The molecular formula is C17H23NO4. The highest BCUT2D eigenvalue weighted by Crippen LogP contribution is 2.29. The molecule has 1 fully saturated rings. The van der Waals surface area contributed by atoms with Crippen molar-refractivity contribution in [3.8, 4) is 5.75 Å². The minimum absolute atomic E-state index is 0.0203. The number of hydrogen-bond donors (Lipinski definition) is 1. The van der Waals surface area contributed by atoms with Crippen LogP contribution in [0.2, 0.25) is 0 Å². The van der Waals surface area contributed by atoms with Crippen LogP contribution in [0, 0.1) is 5.92 Å². The third-order valence-electron chi connectivity index (χ3n) is 3.44. The molecule has 0 aliphatic heterocycles. The zero-order valence-electron chi connectivity index (χ0n) is 13.3. The zero-order valence-corrected chi connectivity index (χ0v) is 13.3. The van der Waals surface area contributed by atoms with E-state index in [1.807, 2.05) is 12.1 Å². The lowest BCUT2D eigenvalue weighted by Crippen LogP contribution is -2.32. The van der Waals surface area contributed by atoms with Gasteiger partial charge in [0.05, 0.1) is 5.92 Å². The van der Waals surface area contributed by atoms with E-state index in [4.69, 9.17) is 9.47 Å². The molecule has 5 nitrogen and oxygen atoms in total. The number of nitrogens with one attached hydrogen (secondary N) is 1. The highest BCUT2D eigenvalue weighted by atomic mass is 16.6. The number of benzene rings is 1. The van der Waals surface area contributed by atoms with Gasteiger partial charge in [0.15, 0.2) is 0 Å². The van der Waals surface area contributed by atoms with Crippen molar-refractivity contribution in [3.63, 3.8) is 0 Å². The molecule has 1 aliphatic rings. The van der Waals surface area contributed by atoms with Crippen LogP contribution in [0.1, 0.15) is 45.6 Å². The molecule has 0 bridgehead atoms. The Kier molecular flexibility index (Phi) is 5.06. The topological polar surface area (TPSA) is 64.6 Å². The maximum Gasteiger partial charge on any atom is 0.407 e. The van der Waals surface area contributed by atoms with Gasteiger partial charge in [-0.05, 0) is 39.7 Å². The van der Waals surface area contributed by atoms with Gasteiger partial charge in [0.2, 0.25) is 0 Å². The first kappa shape index (κ1) is 16.3. The van der Waals surface area contributed by atoms with Gasteiger partial charge in [0.25, 0.3) is 0 Å². The lowest BCUT2D eigenvalue weighted by atomic mass is 9.86. The number of para-hydroxylation sites is 1. The first-order valence-corrected chi connectivity index (χ1v) is 7.61. The Bertz CT molecular complexity index is 544. The number of amides is 1. The fourth-order valence-electron chi connectivity index (χ4n) is 2.07. The summed E-state index contributed by atoms with van der Waals surface area (Å²) in [5.41, 5.74) is 0.210. The summed E-state index contributed by atoms with van der Waals surface area (Å²) in [7, 11) is 0. The molecule has 0 aromatic heterocycles. The summed E-state index contributed by atoms with van der Waals surface area (Å²) in [5, 5.41) is 2.67. The molecule has 1 aliphatic carbocycles. The number of alkyl carbamates (subject to hydrolysis) is 1. The molecular weight excluding hydrogens is 282 g/mol. The van der Waals surface area contributed by atoms with Crippen LogP contribution in [0.15, 0.2) is 24.3 Å². The smallest absolute Gasteiger partial charge is 0.407 e. The Morgan fingerprint density at radius 2 is 1.91 bits per heavy atom. The summed E-state index contributed by atoms with van der Waals surface area (Å²) < 4.78 is 10.6. The van der Waals surface area contributed by atoms with Gasteiger partial charge < -0.3 is 14.8 Å². The number of ether oxygens (including phenoxy) is 2. The molecule has 1 aromatic carbocycles. The summed E-state index contributed by atoms with van der Waals surface area (Å²) in [4.78, 5) is 23.6. The largest absolute Gasteiger partial charge is 0.444 e. The highest BCUT2D eigenvalue weighted by Gasteiger charge is 2.27. The molecule has 1 amide bonds. The monoisotopic (exact) mass is 305 g/mol. The molecule has 0 heterocycles. The molecule has 0 atom stereocenters. The third-order valence-corrected chi connectivity index (χ3v) is 3.44. The molecule has 22 heavy (non-hydrogen) atoms. The average molecular weight is 305 g/mol. The van der Waals surface area contributed by atoms with Crippen LogP contribution in [0.25, 0.3) is 0 Å². The predicted molar refractivity (Wildman–Crippen MR) is 82.5 cm³/mol. The van der Waals surface area contributed by atoms with Gasteiger partial charge in [-0.25, -0.2) is 4.79 Å². The minimum atomic E-state index is -0.541. The van der Waals surface area contributed by atoms with Crippen molar-refractivity contribution in [1.29, 1.82) is 0 Å². The molecule has 120 valence electrons. The van der Waals surface area contributed by atoms with E-state index < -0.39 is 11.7 Å². The molecule has 2 rings (SSSR count). The maximum atomic E-state index is 11.9. The highest BCUT2D eigenvalue weighted by molar-refractivity contribution is 5.76. The third kappa shape index (κ3) is 4.76. The second-order valence-corrected chi connectivity index (χ2v) is 6.51. The second-order valence-electron chi connectivity index (χ2n) is 6.51. The Labute approximate surface area is 131 Å². The molecule has 1 N–H and O–H groups in total. The number of rotatable bonds is 4. The summed E-state index contributed by atoms with van der Waals surface area (Å²) in [6.45, 7) is 5.67. The van der Waals surface area contributed by atoms with E-state index in [0.29, 0.717) is 5.75 Å². The average Bonchev–Trinajstić information content (AvgIpc) is 2.33. The Morgan fingerprint density at radius 3 is 2.50 bits per heavy atom. The van der Waals surface area contributed by atoms with Gasteiger partial charge in [-0.15, -0.1) is 0 Å².